The van der Waals surface area contributed by atoms with Gasteiger partial charge < -0.3 is 25.3 Å². The van der Waals surface area contributed by atoms with Crippen LogP contribution in [0.5, 0.6) is 11.5 Å². The maximum Gasteiger partial charge on any atom is 0.188 e. The lowest BCUT2D eigenvalue weighted by Gasteiger charge is -2.19. The average molecular weight is 400 g/mol. The van der Waals surface area contributed by atoms with Crippen molar-refractivity contribution in [3.63, 3.8) is 0 Å². The topological polar surface area (TPSA) is 78.1 Å². The third kappa shape index (κ3) is 8.03. The first-order valence-corrected chi connectivity index (χ1v) is 9.77. The molecular formula is C23H33N3O3. The fourth-order valence-corrected chi connectivity index (χ4v) is 2.72. The number of aliphatic imine (C=N–C) groups is 1. The molecule has 0 spiro atoms. The second-order valence-electron chi connectivity index (χ2n) is 7.79. The Morgan fingerprint density at radius 1 is 0.966 bits per heavy atom. The number of hydrogen-bond acceptors (Lipinski definition) is 4. The third-order valence-electron chi connectivity index (χ3n) is 4.26. The van der Waals surface area contributed by atoms with Crippen molar-refractivity contribution in [1.29, 1.82) is 0 Å². The fourth-order valence-electron chi connectivity index (χ4n) is 2.72. The van der Waals surface area contributed by atoms with E-state index in [1.54, 1.807) is 14.2 Å². The normalized spacial score (nSPS) is 12.0. The summed E-state index contributed by atoms with van der Waals surface area (Å²) in [5.41, 5.74) is 9.22. The lowest BCUT2D eigenvalue weighted by atomic mass is 10.1. The molecule has 0 aliphatic heterocycles. The number of benzene rings is 2. The number of rotatable bonds is 9. The molecule has 0 aliphatic carbocycles. The molecule has 6 nitrogen and oxygen atoms in total. The van der Waals surface area contributed by atoms with Gasteiger partial charge in [-0.1, -0.05) is 30.3 Å². The van der Waals surface area contributed by atoms with E-state index in [4.69, 9.17) is 19.9 Å². The van der Waals surface area contributed by atoms with E-state index in [0.717, 1.165) is 34.6 Å². The van der Waals surface area contributed by atoms with Gasteiger partial charge in [0.2, 0.25) is 0 Å². The molecule has 29 heavy (non-hydrogen) atoms. The summed E-state index contributed by atoms with van der Waals surface area (Å²) in [7, 11) is 3.26. The Hall–Kier alpha value is -2.73. The van der Waals surface area contributed by atoms with E-state index in [-0.39, 0.29) is 5.60 Å². The van der Waals surface area contributed by atoms with Crippen LogP contribution in [0.1, 0.15) is 37.5 Å². The first-order valence-electron chi connectivity index (χ1n) is 9.77. The van der Waals surface area contributed by atoms with Crippen molar-refractivity contribution in [3.05, 3.63) is 59.2 Å². The van der Waals surface area contributed by atoms with E-state index >= 15 is 0 Å². The summed E-state index contributed by atoms with van der Waals surface area (Å²) in [6.45, 7) is 7.95. The minimum absolute atomic E-state index is 0.156. The van der Waals surface area contributed by atoms with E-state index in [0.29, 0.717) is 25.7 Å². The Morgan fingerprint density at radius 3 is 2.38 bits per heavy atom. The summed E-state index contributed by atoms with van der Waals surface area (Å²) in [6, 6.07) is 14.1. The second kappa shape index (κ2) is 10.7. The van der Waals surface area contributed by atoms with Crippen molar-refractivity contribution in [1.82, 2.24) is 5.32 Å². The molecule has 2 aromatic rings. The smallest absolute Gasteiger partial charge is 0.188 e. The SMILES string of the molecule is COc1ccc(CCNC(N)=NCc2cccc(COC(C)(C)C)c2)cc1OC. The number of methoxy groups -OCH3 is 2. The van der Waals surface area contributed by atoms with Crippen LogP contribution in [-0.2, 0) is 24.3 Å². The second-order valence-corrected chi connectivity index (χ2v) is 7.79. The van der Waals surface area contributed by atoms with Gasteiger partial charge in [0.1, 0.15) is 0 Å². The lowest BCUT2D eigenvalue weighted by Crippen LogP contribution is -2.33. The van der Waals surface area contributed by atoms with Crippen molar-refractivity contribution in [3.8, 4) is 11.5 Å². The number of guanidine groups is 1. The van der Waals surface area contributed by atoms with Crippen LogP contribution in [0.4, 0.5) is 0 Å². The van der Waals surface area contributed by atoms with Crippen molar-refractivity contribution in [2.75, 3.05) is 20.8 Å². The molecule has 158 valence electrons. The Kier molecular flexibility index (Phi) is 8.34. The highest BCUT2D eigenvalue weighted by Gasteiger charge is 2.10. The van der Waals surface area contributed by atoms with E-state index in [2.05, 4.69) is 43.2 Å². The number of nitrogens with zero attached hydrogens (tertiary/aromatic N) is 1. The van der Waals surface area contributed by atoms with Gasteiger partial charge in [-0.25, -0.2) is 4.99 Å². The Labute approximate surface area is 174 Å². The van der Waals surface area contributed by atoms with Crippen LogP contribution < -0.4 is 20.5 Å². The molecule has 0 atom stereocenters. The first-order chi connectivity index (χ1) is 13.8. The quantitative estimate of drug-likeness (QED) is 0.497. The predicted octanol–water partition coefficient (Wildman–Crippen LogP) is 3.67. The highest BCUT2D eigenvalue weighted by atomic mass is 16.5. The molecule has 3 N–H and O–H groups in total. The Balaban J connectivity index is 1.83. The van der Waals surface area contributed by atoms with Gasteiger partial charge in [-0.15, -0.1) is 0 Å². The predicted molar refractivity (Wildman–Crippen MR) is 118 cm³/mol. The van der Waals surface area contributed by atoms with Crippen molar-refractivity contribution < 1.29 is 14.2 Å². The van der Waals surface area contributed by atoms with Crippen LogP contribution in [0, 0.1) is 0 Å². The number of nitrogens with two attached hydrogens (primary N) is 1. The van der Waals surface area contributed by atoms with Crippen LogP contribution in [-0.4, -0.2) is 32.3 Å². The molecule has 0 amide bonds. The lowest BCUT2D eigenvalue weighted by molar-refractivity contribution is -0.0149. The average Bonchev–Trinajstić information content (AvgIpc) is 2.70. The van der Waals surface area contributed by atoms with E-state index in [1.165, 1.54) is 0 Å². The van der Waals surface area contributed by atoms with Crippen LogP contribution >= 0.6 is 0 Å². The number of ether oxygens (including phenoxy) is 3. The molecule has 0 bridgehead atoms. The Bertz CT molecular complexity index is 813. The largest absolute Gasteiger partial charge is 0.493 e. The van der Waals surface area contributed by atoms with Gasteiger partial charge in [-0.2, -0.15) is 0 Å². The van der Waals surface area contributed by atoms with Gasteiger partial charge >= 0.3 is 0 Å². The summed E-state index contributed by atoms with van der Waals surface area (Å²) in [5.74, 6) is 1.88. The monoisotopic (exact) mass is 399 g/mol. The molecule has 6 heteroatoms. The van der Waals surface area contributed by atoms with Gasteiger partial charge in [0.15, 0.2) is 17.5 Å². The highest BCUT2D eigenvalue weighted by molar-refractivity contribution is 5.77. The molecule has 0 saturated carbocycles. The van der Waals surface area contributed by atoms with E-state index in [1.807, 2.05) is 30.3 Å². The molecule has 0 fully saturated rings. The Morgan fingerprint density at radius 2 is 1.69 bits per heavy atom. The molecule has 0 radical (unpaired) electrons. The van der Waals surface area contributed by atoms with Crippen LogP contribution in [0.3, 0.4) is 0 Å². The summed E-state index contributed by atoms with van der Waals surface area (Å²) in [4.78, 5) is 4.43. The first kappa shape index (κ1) is 22.6. The van der Waals surface area contributed by atoms with Gasteiger partial charge in [-0.3, -0.25) is 0 Å². The van der Waals surface area contributed by atoms with E-state index in [9.17, 15) is 0 Å². The zero-order valence-corrected chi connectivity index (χ0v) is 18.1. The number of hydrogen-bond donors (Lipinski definition) is 2. The van der Waals surface area contributed by atoms with E-state index < -0.39 is 0 Å². The highest BCUT2D eigenvalue weighted by Crippen LogP contribution is 2.27. The van der Waals surface area contributed by atoms with Crippen molar-refractivity contribution in [2.45, 2.75) is 45.9 Å². The van der Waals surface area contributed by atoms with Crippen molar-refractivity contribution in [2.24, 2.45) is 10.7 Å². The van der Waals surface area contributed by atoms with Crippen LogP contribution in [0.2, 0.25) is 0 Å². The summed E-state index contributed by atoms with van der Waals surface area (Å²) >= 11 is 0. The molecule has 0 heterocycles. The molecule has 0 aliphatic rings. The standard InChI is InChI=1S/C23H33N3O3/c1-23(2,3)29-16-19-8-6-7-18(13-19)15-26-22(24)25-12-11-17-9-10-20(27-4)21(14-17)28-5/h6-10,13-14H,11-12,15-16H2,1-5H3,(H3,24,25,26). The molecule has 2 aromatic carbocycles. The molecule has 0 saturated heterocycles. The summed E-state index contributed by atoms with van der Waals surface area (Å²) < 4.78 is 16.4. The summed E-state index contributed by atoms with van der Waals surface area (Å²) in [6.07, 6.45) is 0.802. The molecular weight excluding hydrogens is 366 g/mol. The zero-order valence-electron chi connectivity index (χ0n) is 18.1. The van der Waals surface area contributed by atoms with Crippen LogP contribution in [0.15, 0.2) is 47.5 Å². The maximum atomic E-state index is 6.01. The van der Waals surface area contributed by atoms with Crippen LogP contribution in [0.25, 0.3) is 0 Å². The van der Waals surface area contributed by atoms with Crippen molar-refractivity contribution >= 4 is 5.96 Å². The third-order valence-corrected chi connectivity index (χ3v) is 4.26. The maximum absolute atomic E-state index is 6.01. The summed E-state index contributed by atoms with van der Waals surface area (Å²) in [5, 5.41) is 3.16. The molecule has 0 unspecified atom stereocenters. The molecule has 0 aromatic heterocycles. The molecule has 2 rings (SSSR count). The minimum Gasteiger partial charge on any atom is -0.493 e. The fraction of sp³-hybridized carbons (Fsp3) is 0.435. The number of nitrogens with one attached hydrogen (secondary N) is 1. The minimum atomic E-state index is -0.156. The zero-order chi connectivity index (χ0) is 21.3. The van der Waals surface area contributed by atoms with Gasteiger partial charge in [-0.05, 0) is 56.0 Å². The van der Waals surface area contributed by atoms with Gasteiger partial charge in [0.05, 0.1) is 33.0 Å². The van der Waals surface area contributed by atoms with Gasteiger partial charge in [0, 0.05) is 6.54 Å². The van der Waals surface area contributed by atoms with Gasteiger partial charge in [0.25, 0.3) is 0 Å².